The van der Waals surface area contributed by atoms with E-state index in [4.69, 9.17) is 22.1 Å². The average molecular weight is 432 g/mol. The molecule has 0 aromatic heterocycles. The molecule has 0 aliphatic carbocycles. The number of hydrogen-bond acceptors (Lipinski definition) is 7. The van der Waals surface area contributed by atoms with Crippen LogP contribution < -0.4 is 10.5 Å². The van der Waals surface area contributed by atoms with Crippen molar-refractivity contribution in [2.45, 2.75) is 26.8 Å². The van der Waals surface area contributed by atoms with Gasteiger partial charge in [0.1, 0.15) is 22.5 Å². The van der Waals surface area contributed by atoms with Crippen molar-refractivity contribution in [2.24, 2.45) is 10.7 Å². The summed E-state index contributed by atoms with van der Waals surface area (Å²) in [7, 11) is 1.54. The van der Waals surface area contributed by atoms with Gasteiger partial charge in [0, 0.05) is 13.1 Å². The van der Waals surface area contributed by atoms with Gasteiger partial charge in [0.05, 0.1) is 29.4 Å². The Kier molecular flexibility index (Phi) is 6.10. The Hall–Kier alpha value is -2.63. The summed E-state index contributed by atoms with van der Waals surface area (Å²) < 4.78 is 5.26. The number of nitrogens with zero attached hydrogens (tertiary/aromatic N) is 4. The topological polar surface area (TPSA) is 95.0 Å². The van der Waals surface area contributed by atoms with Gasteiger partial charge < -0.3 is 15.4 Å². The van der Waals surface area contributed by atoms with Gasteiger partial charge in [-0.25, -0.2) is 4.99 Å². The van der Waals surface area contributed by atoms with Gasteiger partial charge in [-0.3, -0.25) is 9.69 Å². The summed E-state index contributed by atoms with van der Waals surface area (Å²) in [5, 5.41) is 10.4. The highest BCUT2D eigenvalue weighted by Crippen LogP contribution is 2.46. The molecule has 1 aromatic carbocycles. The standard InChI is InChI=1S/C20H22ClN5O2S/c1-5-25(6-2)19(27)16-11(3)24-20-26(18(23)15(10-22)29-20)17(16)12-7-8-14(28-4)13(21)9-12/h7-9,17H,5-6,23H2,1-4H3/t17-/m1/s1. The van der Waals surface area contributed by atoms with E-state index in [0.29, 0.717) is 45.2 Å². The number of rotatable bonds is 5. The normalized spacial score (nSPS) is 18.4. The molecule has 1 atom stereocenters. The van der Waals surface area contributed by atoms with Crippen molar-refractivity contribution >= 4 is 34.4 Å². The van der Waals surface area contributed by atoms with Crippen LogP contribution >= 0.6 is 23.4 Å². The van der Waals surface area contributed by atoms with Crippen LogP contribution in [-0.4, -0.2) is 41.1 Å². The molecule has 2 aliphatic heterocycles. The summed E-state index contributed by atoms with van der Waals surface area (Å²) in [5.74, 6) is 0.704. The Morgan fingerprint density at radius 2 is 2.14 bits per heavy atom. The molecule has 2 heterocycles. The second-order valence-corrected chi connectivity index (χ2v) is 7.85. The summed E-state index contributed by atoms with van der Waals surface area (Å²) in [6, 6.07) is 6.94. The molecule has 7 nitrogen and oxygen atoms in total. The van der Waals surface area contributed by atoms with Crippen molar-refractivity contribution in [3.8, 4) is 11.8 Å². The van der Waals surface area contributed by atoms with E-state index in [0.717, 1.165) is 5.56 Å². The SMILES string of the molecule is CCN(CC)C(=O)C1=C(C)N=C2SC(C#N)=C(N)N2[C@@H]1c1ccc(OC)c(Cl)c1. The number of benzene rings is 1. The molecule has 0 unspecified atom stereocenters. The van der Waals surface area contributed by atoms with Gasteiger partial charge in [-0.2, -0.15) is 5.26 Å². The number of methoxy groups -OCH3 is 1. The fraction of sp³-hybridized carbons (Fsp3) is 0.350. The summed E-state index contributed by atoms with van der Waals surface area (Å²) in [5.41, 5.74) is 8.17. The molecule has 2 N–H and O–H groups in total. The molecule has 9 heteroatoms. The lowest BCUT2D eigenvalue weighted by Gasteiger charge is -2.37. The van der Waals surface area contributed by atoms with Crippen molar-refractivity contribution < 1.29 is 9.53 Å². The number of allylic oxidation sites excluding steroid dienone is 2. The van der Waals surface area contributed by atoms with Gasteiger partial charge in [0.2, 0.25) is 0 Å². The van der Waals surface area contributed by atoms with Crippen LogP contribution in [0.1, 0.15) is 32.4 Å². The Bertz CT molecular complexity index is 991. The summed E-state index contributed by atoms with van der Waals surface area (Å²) >= 11 is 7.58. The monoisotopic (exact) mass is 431 g/mol. The molecule has 0 radical (unpaired) electrons. The number of carbonyl (C=O) groups excluding carboxylic acids is 1. The number of likely N-dealkylation sites (N-methyl/N-ethyl adjacent to an activating group) is 1. The molecular weight excluding hydrogens is 410 g/mol. The Morgan fingerprint density at radius 1 is 1.45 bits per heavy atom. The maximum atomic E-state index is 13.4. The summed E-state index contributed by atoms with van der Waals surface area (Å²) in [4.78, 5) is 21.8. The highest BCUT2D eigenvalue weighted by Gasteiger charge is 2.43. The number of aliphatic imine (C=N–C) groups is 1. The average Bonchev–Trinajstić information content (AvgIpc) is 3.02. The van der Waals surface area contributed by atoms with E-state index in [2.05, 4.69) is 11.1 Å². The number of fused-ring (bicyclic) bond motifs is 1. The van der Waals surface area contributed by atoms with Crippen LogP contribution in [-0.2, 0) is 4.79 Å². The van der Waals surface area contributed by atoms with Crippen LogP contribution in [0.4, 0.5) is 0 Å². The second-order valence-electron chi connectivity index (χ2n) is 6.47. The predicted octanol–water partition coefficient (Wildman–Crippen LogP) is 3.60. The molecule has 29 heavy (non-hydrogen) atoms. The zero-order valence-corrected chi connectivity index (χ0v) is 18.3. The van der Waals surface area contributed by atoms with E-state index in [9.17, 15) is 10.1 Å². The van der Waals surface area contributed by atoms with Crippen LogP contribution in [0.2, 0.25) is 5.02 Å². The summed E-state index contributed by atoms with van der Waals surface area (Å²) in [6.07, 6.45) is 0. The van der Waals surface area contributed by atoms with Crippen molar-refractivity contribution in [1.82, 2.24) is 9.80 Å². The largest absolute Gasteiger partial charge is 0.495 e. The van der Waals surface area contributed by atoms with Gasteiger partial charge in [-0.15, -0.1) is 0 Å². The summed E-state index contributed by atoms with van der Waals surface area (Å²) in [6.45, 7) is 6.81. The molecule has 0 saturated carbocycles. The number of halogens is 1. The third-order valence-electron chi connectivity index (χ3n) is 4.95. The van der Waals surface area contributed by atoms with E-state index in [1.165, 1.54) is 11.8 Å². The molecule has 152 valence electrons. The minimum atomic E-state index is -0.544. The van der Waals surface area contributed by atoms with Crippen LogP contribution in [0.15, 0.2) is 45.2 Å². The first-order valence-electron chi connectivity index (χ1n) is 9.16. The van der Waals surface area contributed by atoms with Crippen molar-refractivity contribution in [3.05, 3.63) is 50.8 Å². The second kappa shape index (κ2) is 8.39. The third kappa shape index (κ3) is 3.56. The van der Waals surface area contributed by atoms with Crippen LogP contribution in [0.3, 0.4) is 0 Å². The van der Waals surface area contributed by atoms with Crippen LogP contribution in [0.25, 0.3) is 0 Å². The van der Waals surface area contributed by atoms with Crippen LogP contribution in [0, 0.1) is 11.3 Å². The molecule has 2 aliphatic rings. The number of nitriles is 1. The number of hydrogen-bond donors (Lipinski definition) is 1. The minimum absolute atomic E-state index is 0.115. The Labute approximate surface area is 179 Å². The quantitative estimate of drug-likeness (QED) is 0.765. The molecule has 0 spiro atoms. The molecule has 1 amide bonds. The number of amides is 1. The third-order valence-corrected chi connectivity index (χ3v) is 6.22. The maximum Gasteiger partial charge on any atom is 0.254 e. The Balaban J connectivity index is 2.21. The van der Waals surface area contributed by atoms with Crippen LogP contribution in [0.5, 0.6) is 5.75 Å². The lowest BCUT2D eigenvalue weighted by molar-refractivity contribution is -0.127. The van der Waals surface area contributed by atoms with E-state index in [1.54, 1.807) is 36.0 Å². The van der Waals surface area contributed by atoms with Crippen molar-refractivity contribution in [3.63, 3.8) is 0 Å². The number of carbonyl (C=O) groups is 1. The molecule has 3 rings (SSSR count). The number of nitrogens with two attached hydrogens (primary N) is 1. The smallest absolute Gasteiger partial charge is 0.254 e. The predicted molar refractivity (Wildman–Crippen MR) is 115 cm³/mol. The zero-order chi connectivity index (χ0) is 21.3. The molecule has 1 aromatic rings. The van der Waals surface area contributed by atoms with Gasteiger partial charge in [-0.1, -0.05) is 17.7 Å². The first-order chi connectivity index (χ1) is 13.9. The molecule has 0 fully saturated rings. The van der Waals surface area contributed by atoms with Crippen molar-refractivity contribution in [1.29, 1.82) is 5.26 Å². The van der Waals surface area contributed by atoms with Gasteiger partial charge in [0.25, 0.3) is 5.91 Å². The van der Waals surface area contributed by atoms with Gasteiger partial charge >= 0.3 is 0 Å². The fourth-order valence-corrected chi connectivity index (χ4v) is 4.65. The van der Waals surface area contributed by atoms with E-state index >= 15 is 0 Å². The Morgan fingerprint density at radius 3 is 2.69 bits per heavy atom. The highest BCUT2D eigenvalue weighted by atomic mass is 35.5. The highest BCUT2D eigenvalue weighted by molar-refractivity contribution is 8.17. The molecular formula is C20H22ClN5O2S. The lowest BCUT2D eigenvalue weighted by atomic mass is 9.93. The minimum Gasteiger partial charge on any atom is -0.495 e. The van der Waals surface area contributed by atoms with E-state index < -0.39 is 6.04 Å². The van der Waals surface area contributed by atoms with Gasteiger partial charge in [-0.05, 0) is 50.2 Å². The molecule has 0 saturated heterocycles. The number of ether oxygens (including phenoxy) is 1. The lowest BCUT2D eigenvalue weighted by Crippen LogP contribution is -2.42. The van der Waals surface area contributed by atoms with E-state index in [-0.39, 0.29) is 11.7 Å². The first kappa shape index (κ1) is 21.1. The number of amidine groups is 1. The van der Waals surface area contributed by atoms with Gasteiger partial charge in [0.15, 0.2) is 5.17 Å². The fourth-order valence-electron chi connectivity index (χ4n) is 3.46. The maximum absolute atomic E-state index is 13.4. The molecule has 0 bridgehead atoms. The zero-order valence-electron chi connectivity index (χ0n) is 16.7. The van der Waals surface area contributed by atoms with E-state index in [1.807, 2.05) is 19.9 Å². The number of thioether (sulfide) groups is 1. The first-order valence-corrected chi connectivity index (χ1v) is 10.4. The van der Waals surface area contributed by atoms with Crippen molar-refractivity contribution in [2.75, 3.05) is 20.2 Å².